The van der Waals surface area contributed by atoms with Crippen LogP contribution in [0.1, 0.15) is 13.8 Å². The summed E-state index contributed by atoms with van der Waals surface area (Å²) >= 11 is 0. The van der Waals surface area contributed by atoms with E-state index in [-0.39, 0.29) is 6.10 Å². The number of benzene rings is 1. The van der Waals surface area contributed by atoms with Crippen LogP contribution < -0.4 is 15.4 Å². The number of ether oxygens (including phenoxy) is 1. The number of nitrogens with zero attached hydrogens (tertiary/aromatic N) is 2. The zero-order chi connectivity index (χ0) is 15.2. The van der Waals surface area contributed by atoms with Gasteiger partial charge in [-0.2, -0.15) is 0 Å². The molecule has 2 rings (SSSR count). The second-order valence-corrected chi connectivity index (χ2v) is 5.81. The van der Waals surface area contributed by atoms with Crippen LogP contribution in [0, 0.1) is 0 Å². The molecule has 1 heterocycles. The third-order valence-corrected chi connectivity index (χ3v) is 3.68. The number of anilines is 1. The van der Waals surface area contributed by atoms with Gasteiger partial charge in [0.05, 0.1) is 17.9 Å². The van der Waals surface area contributed by atoms with Gasteiger partial charge in [0, 0.05) is 39.3 Å². The first-order valence-electron chi connectivity index (χ1n) is 7.71. The van der Waals surface area contributed by atoms with Gasteiger partial charge in [0.2, 0.25) is 0 Å². The molecule has 0 aliphatic carbocycles. The number of rotatable bonds is 6. The highest BCUT2D eigenvalue weighted by Crippen LogP contribution is 2.29. The van der Waals surface area contributed by atoms with Crippen LogP contribution in [0.3, 0.4) is 0 Å². The van der Waals surface area contributed by atoms with Gasteiger partial charge >= 0.3 is 0 Å². The summed E-state index contributed by atoms with van der Waals surface area (Å²) in [5.74, 6) is 0.947. The summed E-state index contributed by atoms with van der Waals surface area (Å²) in [6, 6.07) is 8.20. The topological polar surface area (TPSA) is 62.0 Å². The molecule has 3 N–H and O–H groups in total. The molecule has 1 aromatic carbocycles. The molecule has 0 amide bonds. The zero-order valence-corrected chi connectivity index (χ0v) is 13.0. The maximum atomic E-state index is 9.64. The van der Waals surface area contributed by atoms with Gasteiger partial charge in [0.15, 0.2) is 0 Å². The van der Waals surface area contributed by atoms with Gasteiger partial charge in [-0.3, -0.25) is 4.90 Å². The second kappa shape index (κ2) is 7.64. The summed E-state index contributed by atoms with van der Waals surface area (Å²) in [5.41, 5.74) is 6.63. The second-order valence-electron chi connectivity index (χ2n) is 5.81. The van der Waals surface area contributed by atoms with Gasteiger partial charge in [-0.1, -0.05) is 12.1 Å². The fourth-order valence-electron chi connectivity index (χ4n) is 2.62. The lowest BCUT2D eigenvalue weighted by atomic mass is 10.2. The minimum Gasteiger partial charge on any atom is -0.489 e. The largest absolute Gasteiger partial charge is 0.489 e. The summed E-state index contributed by atoms with van der Waals surface area (Å²) < 4.78 is 5.90. The number of hydrogen-bond donors (Lipinski definition) is 2. The molecule has 1 aliphatic heterocycles. The van der Waals surface area contributed by atoms with E-state index in [4.69, 9.17) is 10.5 Å². The van der Waals surface area contributed by atoms with Gasteiger partial charge in [-0.15, -0.1) is 0 Å². The van der Waals surface area contributed by atoms with Crippen LogP contribution in [0.4, 0.5) is 5.69 Å². The van der Waals surface area contributed by atoms with E-state index >= 15 is 0 Å². The predicted molar refractivity (Wildman–Crippen MR) is 85.9 cm³/mol. The molecule has 0 bridgehead atoms. The quantitative estimate of drug-likeness (QED) is 0.816. The average molecular weight is 293 g/mol. The zero-order valence-electron chi connectivity index (χ0n) is 13.0. The molecule has 5 nitrogen and oxygen atoms in total. The van der Waals surface area contributed by atoms with Crippen LogP contribution in [0.5, 0.6) is 5.75 Å². The standard InChI is InChI=1S/C16H27N3O2/c1-13(2)21-16-6-4-3-5-15(16)19-9-7-18(8-10-19)12-14(20)11-17/h3-6,13-14,20H,7-12,17H2,1-2H3/t14-/m1/s1. The highest BCUT2D eigenvalue weighted by molar-refractivity contribution is 5.58. The van der Waals surface area contributed by atoms with E-state index in [9.17, 15) is 5.11 Å². The molecule has 1 saturated heterocycles. The SMILES string of the molecule is CC(C)Oc1ccccc1N1CCN(C[C@H](O)CN)CC1. The van der Waals surface area contributed by atoms with Gasteiger partial charge in [-0.05, 0) is 26.0 Å². The number of piperazine rings is 1. The van der Waals surface area contributed by atoms with Crippen molar-refractivity contribution in [3.05, 3.63) is 24.3 Å². The number of para-hydroxylation sites is 2. The van der Waals surface area contributed by atoms with E-state index < -0.39 is 6.10 Å². The molecular weight excluding hydrogens is 266 g/mol. The number of aliphatic hydroxyl groups is 1. The fraction of sp³-hybridized carbons (Fsp3) is 0.625. The Morgan fingerprint density at radius 1 is 1.19 bits per heavy atom. The first kappa shape index (κ1) is 16.1. The van der Waals surface area contributed by atoms with Crippen molar-refractivity contribution in [3.8, 4) is 5.75 Å². The Kier molecular flexibility index (Phi) is 5.85. The minimum atomic E-state index is -0.423. The van der Waals surface area contributed by atoms with E-state index in [0.29, 0.717) is 13.1 Å². The smallest absolute Gasteiger partial charge is 0.142 e. The van der Waals surface area contributed by atoms with Crippen LogP contribution in [0.15, 0.2) is 24.3 Å². The molecule has 0 saturated carbocycles. The maximum Gasteiger partial charge on any atom is 0.142 e. The van der Waals surface area contributed by atoms with Crippen LogP contribution >= 0.6 is 0 Å². The normalized spacial score (nSPS) is 18.0. The van der Waals surface area contributed by atoms with E-state index in [1.54, 1.807) is 0 Å². The fourth-order valence-corrected chi connectivity index (χ4v) is 2.62. The summed E-state index contributed by atoms with van der Waals surface area (Å²) in [6.45, 7) is 8.83. The minimum absolute atomic E-state index is 0.173. The van der Waals surface area contributed by atoms with E-state index in [1.807, 2.05) is 32.0 Å². The monoisotopic (exact) mass is 293 g/mol. The molecule has 0 radical (unpaired) electrons. The lowest BCUT2D eigenvalue weighted by Crippen LogP contribution is -2.49. The Morgan fingerprint density at radius 2 is 1.86 bits per heavy atom. The summed E-state index contributed by atoms with van der Waals surface area (Å²) in [6.07, 6.45) is -0.250. The number of β-amino-alcohol motifs (C(OH)–C–C–N with tert-alkyl or cyclic N) is 1. The van der Waals surface area contributed by atoms with Crippen molar-refractivity contribution in [2.24, 2.45) is 5.73 Å². The van der Waals surface area contributed by atoms with Crippen LogP contribution in [-0.2, 0) is 0 Å². The molecule has 21 heavy (non-hydrogen) atoms. The van der Waals surface area contributed by atoms with Crippen molar-refractivity contribution < 1.29 is 9.84 Å². The van der Waals surface area contributed by atoms with Crippen molar-refractivity contribution in [1.82, 2.24) is 4.90 Å². The van der Waals surface area contributed by atoms with Crippen LogP contribution in [0.2, 0.25) is 0 Å². The maximum absolute atomic E-state index is 9.64. The molecule has 1 fully saturated rings. The summed E-state index contributed by atoms with van der Waals surface area (Å²) in [5, 5.41) is 9.64. The van der Waals surface area contributed by atoms with E-state index in [0.717, 1.165) is 37.6 Å². The van der Waals surface area contributed by atoms with Crippen molar-refractivity contribution in [1.29, 1.82) is 0 Å². The summed E-state index contributed by atoms with van der Waals surface area (Å²) in [4.78, 5) is 4.61. The Hall–Kier alpha value is -1.30. The molecule has 1 atom stereocenters. The third kappa shape index (κ3) is 4.59. The number of hydrogen-bond acceptors (Lipinski definition) is 5. The van der Waals surface area contributed by atoms with E-state index in [1.165, 1.54) is 0 Å². The third-order valence-electron chi connectivity index (χ3n) is 3.68. The molecule has 1 aromatic rings. The van der Waals surface area contributed by atoms with Crippen LogP contribution in [0.25, 0.3) is 0 Å². The number of aliphatic hydroxyl groups excluding tert-OH is 1. The van der Waals surface area contributed by atoms with Gasteiger partial charge in [0.1, 0.15) is 5.75 Å². The Morgan fingerprint density at radius 3 is 2.48 bits per heavy atom. The van der Waals surface area contributed by atoms with Gasteiger partial charge in [0.25, 0.3) is 0 Å². The highest BCUT2D eigenvalue weighted by atomic mass is 16.5. The molecule has 1 aliphatic rings. The Bertz CT molecular complexity index is 431. The van der Waals surface area contributed by atoms with Gasteiger partial charge < -0.3 is 20.5 Å². The molecule has 0 spiro atoms. The lowest BCUT2D eigenvalue weighted by molar-refractivity contribution is 0.115. The molecule has 5 heteroatoms. The molecule has 118 valence electrons. The average Bonchev–Trinajstić information content (AvgIpc) is 2.48. The summed E-state index contributed by atoms with van der Waals surface area (Å²) in [7, 11) is 0. The Balaban J connectivity index is 1.96. The Labute approximate surface area is 127 Å². The van der Waals surface area contributed by atoms with E-state index in [2.05, 4.69) is 15.9 Å². The van der Waals surface area contributed by atoms with Crippen molar-refractivity contribution in [2.75, 3.05) is 44.2 Å². The first-order valence-corrected chi connectivity index (χ1v) is 7.71. The van der Waals surface area contributed by atoms with Crippen LogP contribution in [-0.4, -0.2) is 61.5 Å². The molecule has 0 aromatic heterocycles. The van der Waals surface area contributed by atoms with Crippen molar-refractivity contribution in [2.45, 2.75) is 26.1 Å². The predicted octanol–water partition coefficient (Wildman–Crippen LogP) is 0.915. The highest BCUT2D eigenvalue weighted by Gasteiger charge is 2.21. The van der Waals surface area contributed by atoms with Crippen molar-refractivity contribution >= 4 is 5.69 Å². The first-order chi connectivity index (χ1) is 10.1. The lowest BCUT2D eigenvalue weighted by Gasteiger charge is -2.37. The number of nitrogens with two attached hydrogens (primary N) is 1. The molecular formula is C16H27N3O2. The molecule has 0 unspecified atom stereocenters. The van der Waals surface area contributed by atoms with Gasteiger partial charge in [-0.25, -0.2) is 0 Å². The van der Waals surface area contributed by atoms with Crippen molar-refractivity contribution in [3.63, 3.8) is 0 Å².